The Hall–Kier alpha value is -3.48. The summed E-state index contributed by atoms with van der Waals surface area (Å²) in [6.45, 7) is 0. The van der Waals surface area contributed by atoms with Crippen molar-refractivity contribution in [3.63, 3.8) is 0 Å². The van der Waals surface area contributed by atoms with Crippen LogP contribution in [0.2, 0.25) is 5.02 Å². The van der Waals surface area contributed by atoms with Gasteiger partial charge in [-0.25, -0.2) is 4.98 Å². The number of para-hydroxylation sites is 2. The van der Waals surface area contributed by atoms with Crippen LogP contribution in [0.3, 0.4) is 0 Å². The van der Waals surface area contributed by atoms with E-state index in [-0.39, 0.29) is 11.0 Å². The molecule has 0 fully saturated rings. The molecule has 1 amide bonds. The maximum atomic E-state index is 12.1. The van der Waals surface area contributed by atoms with E-state index >= 15 is 0 Å². The first-order valence-electron chi connectivity index (χ1n) is 9.18. The van der Waals surface area contributed by atoms with Crippen molar-refractivity contribution in [2.24, 2.45) is 0 Å². The van der Waals surface area contributed by atoms with Crippen LogP contribution in [0, 0.1) is 0 Å². The maximum Gasteiger partial charge on any atom is 0.250 e. The molecule has 0 saturated carbocycles. The fourth-order valence-electron chi connectivity index (χ4n) is 2.90. The van der Waals surface area contributed by atoms with Gasteiger partial charge in [0.05, 0.1) is 21.7 Å². The van der Waals surface area contributed by atoms with E-state index < -0.39 is 0 Å². The Bertz CT molecular complexity index is 1220. The average Bonchev–Trinajstić information content (AvgIpc) is 3.19. The number of thiocarbonyl (C=S) groups is 1. The van der Waals surface area contributed by atoms with Gasteiger partial charge in [-0.3, -0.25) is 10.1 Å². The maximum absolute atomic E-state index is 12.1. The summed E-state index contributed by atoms with van der Waals surface area (Å²) in [5, 5.41) is 6.23. The van der Waals surface area contributed by atoms with Crippen molar-refractivity contribution in [1.82, 2.24) is 15.3 Å². The second-order valence-electron chi connectivity index (χ2n) is 6.48. The predicted molar refractivity (Wildman–Crippen MR) is 126 cm³/mol. The van der Waals surface area contributed by atoms with E-state index in [1.54, 1.807) is 12.1 Å². The Labute approximate surface area is 183 Å². The molecule has 0 saturated heterocycles. The molecule has 148 valence electrons. The van der Waals surface area contributed by atoms with Gasteiger partial charge in [-0.15, -0.1) is 0 Å². The van der Waals surface area contributed by atoms with Gasteiger partial charge >= 0.3 is 0 Å². The van der Waals surface area contributed by atoms with Gasteiger partial charge in [0, 0.05) is 11.6 Å². The van der Waals surface area contributed by atoms with Gasteiger partial charge in [-0.05, 0) is 54.2 Å². The molecule has 7 heteroatoms. The van der Waals surface area contributed by atoms with Crippen molar-refractivity contribution >= 4 is 57.6 Å². The molecule has 30 heavy (non-hydrogen) atoms. The Kier molecular flexibility index (Phi) is 5.88. The third-order valence-electron chi connectivity index (χ3n) is 4.34. The molecule has 0 aliphatic heterocycles. The number of anilines is 1. The summed E-state index contributed by atoms with van der Waals surface area (Å²) in [6.07, 6.45) is 3.14. The summed E-state index contributed by atoms with van der Waals surface area (Å²) in [7, 11) is 0. The first-order valence-corrected chi connectivity index (χ1v) is 9.97. The number of carbonyl (C=O) groups is 1. The fraction of sp³-hybridized carbons (Fsp3) is 0. The van der Waals surface area contributed by atoms with Crippen molar-refractivity contribution in [3.8, 4) is 11.4 Å². The number of hydrogen-bond donors (Lipinski definition) is 3. The molecule has 0 spiro atoms. The molecule has 4 aromatic rings. The highest BCUT2D eigenvalue weighted by atomic mass is 35.5. The lowest BCUT2D eigenvalue weighted by molar-refractivity contribution is -0.115. The quantitative estimate of drug-likeness (QED) is 0.298. The lowest BCUT2D eigenvalue weighted by Gasteiger charge is -2.11. The predicted octanol–water partition coefficient (Wildman–Crippen LogP) is 5.41. The van der Waals surface area contributed by atoms with Crippen LogP contribution in [0.25, 0.3) is 28.5 Å². The van der Waals surface area contributed by atoms with E-state index in [2.05, 4.69) is 20.6 Å². The molecule has 5 nitrogen and oxygen atoms in total. The molecule has 0 bridgehead atoms. The third kappa shape index (κ3) is 4.74. The summed E-state index contributed by atoms with van der Waals surface area (Å²) in [4.78, 5) is 20.0. The van der Waals surface area contributed by atoms with Crippen LogP contribution in [-0.2, 0) is 4.79 Å². The largest absolute Gasteiger partial charge is 0.338 e. The second kappa shape index (κ2) is 8.90. The summed E-state index contributed by atoms with van der Waals surface area (Å²) in [5.41, 5.74) is 4.17. The Balaban J connectivity index is 1.46. The second-order valence-corrected chi connectivity index (χ2v) is 7.30. The highest BCUT2D eigenvalue weighted by molar-refractivity contribution is 7.80. The number of nitrogens with zero attached hydrogens (tertiary/aromatic N) is 1. The number of hydrogen-bond acceptors (Lipinski definition) is 3. The minimum Gasteiger partial charge on any atom is -0.338 e. The number of fused-ring (bicyclic) bond motifs is 1. The lowest BCUT2D eigenvalue weighted by atomic mass is 10.2. The SMILES string of the molecule is O=C(/C=C/c1ccccc1)NC(=S)Nc1cc(-c2nc3ccccc3[nH]2)ccc1Cl. The first-order chi connectivity index (χ1) is 14.6. The number of imidazole rings is 1. The molecule has 1 aromatic heterocycles. The van der Waals surface area contributed by atoms with Crippen LogP contribution >= 0.6 is 23.8 Å². The summed E-state index contributed by atoms with van der Waals surface area (Å²) in [5.74, 6) is 0.387. The van der Waals surface area contributed by atoms with E-state index in [1.165, 1.54) is 6.08 Å². The van der Waals surface area contributed by atoms with Crippen molar-refractivity contribution < 1.29 is 4.79 Å². The Morgan fingerprint density at radius 1 is 1.03 bits per heavy atom. The highest BCUT2D eigenvalue weighted by Crippen LogP contribution is 2.28. The summed E-state index contributed by atoms with van der Waals surface area (Å²) in [6, 6.07) is 22.8. The van der Waals surface area contributed by atoms with Crippen molar-refractivity contribution in [1.29, 1.82) is 0 Å². The van der Waals surface area contributed by atoms with E-state index in [0.717, 1.165) is 28.0 Å². The van der Waals surface area contributed by atoms with Gasteiger partial charge < -0.3 is 10.3 Å². The molecule has 3 N–H and O–H groups in total. The minimum absolute atomic E-state index is 0.154. The molecular weight excluding hydrogens is 416 g/mol. The number of carbonyl (C=O) groups excluding carboxylic acids is 1. The van der Waals surface area contributed by atoms with Crippen LogP contribution in [0.5, 0.6) is 0 Å². The smallest absolute Gasteiger partial charge is 0.250 e. The molecule has 0 radical (unpaired) electrons. The number of rotatable bonds is 4. The van der Waals surface area contributed by atoms with Crippen LogP contribution in [-0.4, -0.2) is 21.0 Å². The monoisotopic (exact) mass is 432 g/mol. The first kappa shape index (κ1) is 19.8. The molecule has 1 heterocycles. The summed E-state index contributed by atoms with van der Waals surface area (Å²) >= 11 is 11.6. The van der Waals surface area contributed by atoms with E-state index in [4.69, 9.17) is 23.8 Å². The van der Waals surface area contributed by atoms with Crippen molar-refractivity contribution in [3.05, 3.63) is 89.5 Å². The Morgan fingerprint density at radius 3 is 2.60 bits per heavy atom. The highest BCUT2D eigenvalue weighted by Gasteiger charge is 2.10. The average molecular weight is 433 g/mol. The normalized spacial score (nSPS) is 11.0. The van der Waals surface area contributed by atoms with Gasteiger partial charge in [0.2, 0.25) is 5.91 Å². The van der Waals surface area contributed by atoms with E-state index in [1.807, 2.05) is 66.7 Å². The van der Waals surface area contributed by atoms with Crippen LogP contribution in [0.4, 0.5) is 5.69 Å². The lowest BCUT2D eigenvalue weighted by Crippen LogP contribution is -2.32. The zero-order valence-corrected chi connectivity index (χ0v) is 17.3. The third-order valence-corrected chi connectivity index (χ3v) is 4.87. The molecule has 0 aliphatic carbocycles. The topological polar surface area (TPSA) is 69.8 Å². The van der Waals surface area contributed by atoms with E-state index in [0.29, 0.717) is 10.7 Å². The van der Waals surface area contributed by atoms with Gasteiger partial charge in [0.15, 0.2) is 5.11 Å². The zero-order valence-electron chi connectivity index (χ0n) is 15.7. The van der Waals surface area contributed by atoms with Gasteiger partial charge in [0.1, 0.15) is 5.82 Å². The fourth-order valence-corrected chi connectivity index (χ4v) is 3.28. The Morgan fingerprint density at radius 2 is 1.80 bits per heavy atom. The van der Waals surface area contributed by atoms with Crippen molar-refractivity contribution in [2.75, 3.05) is 5.32 Å². The van der Waals surface area contributed by atoms with Crippen molar-refractivity contribution in [2.45, 2.75) is 0 Å². The molecule has 0 atom stereocenters. The number of benzene rings is 3. The van der Waals surface area contributed by atoms with Gasteiger partial charge in [0.25, 0.3) is 0 Å². The number of halogens is 1. The molecular formula is C23H17ClN4OS. The number of aromatic nitrogens is 2. The number of H-pyrrole nitrogens is 1. The number of amides is 1. The van der Waals surface area contributed by atoms with Gasteiger partial charge in [-0.1, -0.05) is 54.1 Å². The number of aromatic amines is 1. The number of nitrogens with one attached hydrogen (secondary N) is 3. The molecule has 0 aliphatic rings. The molecule has 3 aromatic carbocycles. The van der Waals surface area contributed by atoms with Crippen LogP contribution in [0.15, 0.2) is 78.9 Å². The molecule has 0 unspecified atom stereocenters. The standard InChI is InChI=1S/C23H17ClN4OS/c24-17-12-11-16(22-25-18-8-4-5-9-19(18)26-22)14-20(17)27-23(30)28-21(29)13-10-15-6-2-1-3-7-15/h1-14H,(H,25,26)(H2,27,28,29,30)/b13-10+. The molecule has 4 rings (SSSR count). The van der Waals surface area contributed by atoms with Crippen LogP contribution in [0.1, 0.15) is 5.56 Å². The minimum atomic E-state index is -0.332. The zero-order chi connectivity index (χ0) is 20.9. The van der Waals surface area contributed by atoms with Gasteiger partial charge in [-0.2, -0.15) is 0 Å². The van der Waals surface area contributed by atoms with E-state index in [9.17, 15) is 4.79 Å². The van der Waals surface area contributed by atoms with Crippen LogP contribution < -0.4 is 10.6 Å². The summed E-state index contributed by atoms with van der Waals surface area (Å²) < 4.78 is 0.